The molecular formula is C22H17N3O3. The number of rotatable bonds is 6. The standard InChI is InChI=1S/C22H17N3O3/c26-21(22-25-24-20(28-22)15-16-9-3-1-4-10-16)23-18-13-7-8-14-19(18)27-17-11-5-2-6-12-17/h1-14H,15H2,(H,23,26). The summed E-state index contributed by atoms with van der Waals surface area (Å²) in [6.45, 7) is 0. The zero-order chi connectivity index (χ0) is 19.2. The predicted molar refractivity (Wildman–Crippen MR) is 104 cm³/mol. The summed E-state index contributed by atoms with van der Waals surface area (Å²) in [5.41, 5.74) is 1.54. The molecule has 0 radical (unpaired) electrons. The second kappa shape index (κ2) is 8.18. The van der Waals surface area contributed by atoms with Crippen molar-refractivity contribution in [2.45, 2.75) is 6.42 Å². The van der Waals surface area contributed by atoms with Crippen LogP contribution in [0.1, 0.15) is 22.1 Å². The van der Waals surface area contributed by atoms with Crippen LogP contribution < -0.4 is 10.1 Å². The van der Waals surface area contributed by atoms with Crippen LogP contribution in [0.15, 0.2) is 89.3 Å². The van der Waals surface area contributed by atoms with Gasteiger partial charge in [-0.05, 0) is 29.8 Å². The van der Waals surface area contributed by atoms with Gasteiger partial charge in [0.05, 0.1) is 12.1 Å². The molecule has 0 aliphatic carbocycles. The molecule has 1 N–H and O–H groups in total. The Morgan fingerprint density at radius 1 is 0.857 bits per heavy atom. The highest BCUT2D eigenvalue weighted by Gasteiger charge is 2.17. The highest BCUT2D eigenvalue weighted by atomic mass is 16.5. The zero-order valence-electron chi connectivity index (χ0n) is 14.9. The number of aromatic nitrogens is 2. The van der Waals surface area contributed by atoms with Gasteiger partial charge in [0, 0.05) is 0 Å². The molecule has 0 atom stereocenters. The number of para-hydroxylation sites is 3. The van der Waals surface area contributed by atoms with E-state index in [-0.39, 0.29) is 5.89 Å². The minimum atomic E-state index is -0.490. The summed E-state index contributed by atoms with van der Waals surface area (Å²) in [4.78, 5) is 12.5. The van der Waals surface area contributed by atoms with Crippen molar-refractivity contribution in [3.05, 3.63) is 102 Å². The second-order valence-corrected chi connectivity index (χ2v) is 6.03. The van der Waals surface area contributed by atoms with Crippen LogP contribution in [0.2, 0.25) is 0 Å². The first-order valence-corrected chi connectivity index (χ1v) is 8.77. The Bertz CT molecular complexity index is 1060. The Morgan fingerprint density at radius 2 is 1.54 bits per heavy atom. The monoisotopic (exact) mass is 371 g/mol. The molecule has 1 aromatic heterocycles. The van der Waals surface area contributed by atoms with Crippen LogP contribution in [0.25, 0.3) is 0 Å². The Labute approximate surface area is 161 Å². The van der Waals surface area contributed by atoms with E-state index >= 15 is 0 Å². The number of hydrogen-bond donors (Lipinski definition) is 1. The van der Waals surface area contributed by atoms with E-state index in [2.05, 4.69) is 15.5 Å². The first-order valence-electron chi connectivity index (χ1n) is 8.77. The summed E-state index contributed by atoms with van der Waals surface area (Å²) in [5, 5.41) is 10.6. The molecule has 0 spiro atoms. The van der Waals surface area contributed by atoms with Gasteiger partial charge in [-0.2, -0.15) is 0 Å². The molecule has 1 heterocycles. The Morgan fingerprint density at radius 3 is 2.32 bits per heavy atom. The second-order valence-electron chi connectivity index (χ2n) is 6.03. The van der Waals surface area contributed by atoms with E-state index in [0.29, 0.717) is 29.5 Å². The normalized spacial score (nSPS) is 10.4. The maximum atomic E-state index is 12.5. The van der Waals surface area contributed by atoms with Gasteiger partial charge < -0.3 is 14.5 Å². The molecule has 0 bridgehead atoms. The van der Waals surface area contributed by atoms with Gasteiger partial charge in [-0.25, -0.2) is 0 Å². The Hall–Kier alpha value is -3.93. The van der Waals surface area contributed by atoms with E-state index in [1.807, 2.05) is 72.8 Å². The molecule has 4 aromatic rings. The molecule has 3 aromatic carbocycles. The lowest BCUT2D eigenvalue weighted by Gasteiger charge is -2.11. The number of benzene rings is 3. The first kappa shape index (κ1) is 17.5. The molecule has 0 unspecified atom stereocenters. The summed E-state index contributed by atoms with van der Waals surface area (Å²) >= 11 is 0. The molecule has 28 heavy (non-hydrogen) atoms. The van der Waals surface area contributed by atoms with E-state index in [1.54, 1.807) is 12.1 Å². The van der Waals surface area contributed by atoms with Crippen molar-refractivity contribution in [1.29, 1.82) is 0 Å². The molecule has 138 valence electrons. The van der Waals surface area contributed by atoms with Gasteiger partial charge in [-0.1, -0.05) is 60.7 Å². The SMILES string of the molecule is O=C(Nc1ccccc1Oc1ccccc1)c1nnc(Cc2ccccc2)o1. The predicted octanol–water partition coefficient (Wildman–Crippen LogP) is 4.71. The fraction of sp³-hybridized carbons (Fsp3) is 0.0455. The Balaban J connectivity index is 1.47. The fourth-order valence-electron chi connectivity index (χ4n) is 2.64. The zero-order valence-corrected chi connectivity index (χ0v) is 14.9. The van der Waals surface area contributed by atoms with Crippen LogP contribution in [0.4, 0.5) is 5.69 Å². The number of hydrogen-bond acceptors (Lipinski definition) is 5. The topological polar surface area (TPSA) is 77.2 Å². The molecular weight excluding hydrogens is 354 g/mol. The van der Waals surface area contributed by atoms with Gasteiger partial charge in [-0.15, -0.1) is 10.2 Å². The van der Waals surface area contributed by atoms with Gasteiger partial charge in [0.15, 0.2) is 5.75 Å². The van der Waals surface area contributed by atoms with Crippen LogP contribution in [-0.4, -0.2) is 16.1 Å². The first-order chi connectivity index (χ1) is 13.8. The quantitative estimate of drug-likeness (QED) is 0.531. The minimum Gasteiger partial charge on any atom is -0.455 e. The molecule has 1 amide bonds. The van der Waals surface area contributed by atoms with Crippen molar-refractivity contribution < 1.29 is 13.9 Å². The molecule has 0 saturated carbocycles. The van der Waals surface area contributed by atoms with Gasteiger partial charge >= 0.3 is 11.8 Å². The fourth-order valence-corrected chi connectivity index (χ4v) is 2.64. The summed E-state index contributed by atoms with van der Waals surface area (Å²) in [7, 11) is 0. The van der Waals surface area contributed by atoms with E-state index in [4.69, 9.17) is 9.15 Å². The van der Waals surface area contributed by atoms with Crippen molar-refractivity contribution in [1.82, 2.24) is 10.2 Å². The summed E-state index contributed by atoms with van der Waals surface area (Å²) in [6, 6.07) is 26.2. The van der Waals surface area contributed by atoms with Gasteiger partial charge in [0.1, 0.15) is 5.75 Å². The largest absolute Gasteiger partial charge is 0.455 e. The van der Waals surface area contributed by atoms with E-state index in [0.717, 1.165) is 5.56 Å². The van der Waals surface area contributed by atoms with E-state index in [9.17, 15) is 4.79 Å². The average Bonchev–Trinajstić information content (AvgIpc) is 3.20. The Kier molecular flexibility index (Phi) is 5.11. The highest BCUT2D eigenvalue weighted by molar-refractivity contribution is 6.01. The molecule has 0 aliphatic heterocycles. The summed E-state index contributed by atoms with van der Waals surface area (Å²) in [6.07, 6.45) is 0.467. The number of carbonyl (C=O) groups excluding carboxylic acids is 1. The summed E-state index contributed by atoms with van der Waals surface area (Å²) < 4.78 is 11.4. The van der Waals surface area contributed by atoms with Crippen molar-refractivity contribution in [3.63, 3.8) is 0 Å². The molecule has 0 saturated heterocycles. The minimum absolute atomic E-state index is 0.0968. The van der Waals surface area contributed by atoms with Crippen LogP contribution >= 0.6 is 0 Å². The third-order valence-electron chi connectivity index (χ3n) is 3.97. The van der Waals surface area contributed by atoms with Gasteiger partial charge in [0.2, 0.25) is 5.89 Å². The summed E-state index contributed by atoms with van der Waals surface area (Å²) in [5.74, 6) is 0.986. The van der Waals surface area contributed by atoms with Crippen molar-refractivity contribution in [3.8, 4) is 11.5 Å². The van der Waals surface area contributed by atoms with E-state index in [1.165, 1.54) is 0 Å². The van der Waals surface area contributed by atoms with Crippen LogP contribution in [0.3, 0.4) is 0 Å². The lowest BCUT2D eigenvalue weighted by atomic mass is 10.2. The lowest BCUT2D eigenvalue weighted by molar-refractivity contribution is 0.0988. The third-order valence-corrected chi connectivity index (χ3v) is 3.97. The van der Waals surface area contributed by atoms with Crippen LogP contribution in [0, 0.1) is 0 Å². The van der Waals surface area contributed by atoms with Crippen molar-refractivity contribution in [2.24, 2.45) is 0 Å². The average molecular weight is 371 g/mol. The molecule has 0 fully saturated rings. The smallest absolute Gasteiger partial charge is 0.313 e. The maximum absolute atomic E-state index is 12.5. The molecule has 0 aliphatic rings. The van der Waals surface area contributed by atoms with E-state index < -0.39 is 5.91 Å². The number of anilines is 1. The number of ether oxygens (including phenoxy) is 1. The molecule has 6 heteroatoms. The number of nitrogens with zero attached hydrogens (tertiary/aromatic N) is 2. The van der Waals surface area contributed by atoms with Crippen LogP contribution in [0.5, 0.6) is 11.5 Å². The highest BCUT2D eigenvalue weighted by Crippen LogP contribution is 2.29. The number of nitrogens with one attached hydrogen (secondary N) is 1. The number of carbonyl (C=O) groups is 1. The third kappa shape index (κ3) is 4.24. The maximum Gasteiger partial charge on any atom is 0.313 e. The van der Waals surface area contributed by atoms with Gasteiger partial charge in [0.25, 0.3) is 0 Å². The van der Waals surface area contributed by atoms with Crippen LogP contribution in [-0.2, 0) is 6.42 Å². The van der Waals surface area contributed by atoms with Crippen molar-refractivity contribution in [2.75, 3.05) is 5.32 Å². The van der Waals surface area contributed by atoms with Gasteiger partial charge in [-0.3, -0.25) is 4.79 Å². The lowest BCUT2D eigenvalue weighted by Crippen LogP contribution is -2.13. The molecule has 4 rings (SSSR count). The molecule has 6 nitrogen and oxygen atoms in total. The number of amides is 1. The van der Waals surface area contributed by atoms with Crippen molar-refractivity contribution >= 4 is 11.6 Å².